The Morgan fingerprint density at radius 1 is 1.24 bits per heavy atom. The summed E-state index contributed by atoms with van der Waals surface area (Å²) in [7, 11) is 0. The number of halogens is 1. The van der Waals surface area contributed by atoms with Gasteiger partial charge in [0.05, 0.1) is 0 Å². The quantitative estimate of drug-likeness (QED) is 0.833. The van der Waals surface area contributed by atoms with Gasteiger partial charge >= 0.3 is 0 Å². The van der Waals surface area contributed by atoms with Gasteiger partial charge in [0.1, 0.15) is 5.82 Å². The van der Waals surface area contributed by atoms with E-state index in [-0.39, 0.29) is 5.82 Å². The maximum atomic E-state index is 13.4. The third kappa shape index (κ3) is 2.42. The number of hydrogen-bond donors (Lipinski definition) is 1. The van der Waals surface area contributed by atoms with Crippen LogP contribution in [0.2, 0.25) is 0 Å². The smallest absolute Gasteiger partial charge is 0.123 e. The lowest BCUT2D eigenvalue weighted by Gasteiger charge is -2.22. The summed E-state index contributed by atoms with van der Waals surface area (Å²) in [5.74, 6) is 4.79. The molecule has 0 heterocycles. The molecule has 3 aliphatic carbocycles. The molecule has 5 unspecified atom stereocenters. The molecule has 2 heteroatoms. The molecule has 0 spiro atoms. The number of hydrogen-bond acceptors (Lipinski definition) is 1. The van der Waals surface area contributed by atoms with E-state index >= 15 is 0 Å². The predicted octanol–water partition coefficient (Wildman–Crippen LogP) is 4.03. The second-order valence-corrected chi connectivity index (χ2v) is 7.46. The number of rotatable bonds is 6. The van der Waals surface area contributed by atoms with Crippen molar-refractivity contribution in [2.75, 3.05) is 6.54 Å². The SMILES string of the molecule is CCCNC(Cc1cccc(F)c1)C1C2C3CCC(C3)C21. The molecule has 0 radical (unpaired) electrons. The minimum Gasteiger partial charge on any atom is -0.313 e. The molecule has 114 valence electrons. The van der Waals surface area contributed by atoms with Crippen LogP contribution in [0.3, 0.4) is 0 Å². The first-order valence-electron chi connectivity index (χ1n) is 8.75. The molecule has 1 aromatic carbocycles. The second kappa shape index (κ2) is 5.39. The zero-order chi connectivity index (χ0) is 14.4. The van der Waals surface area contributed by atoms with E-state index in [1.165, 1.54) is 25.7 Å². The molecule has 0 amide bonds. The molecule has 1 aromatic rings. The van der Waals surface area contributed by atoms with Crippen LogP contribution in [0.25, 0.3) is 0 Å². The summed E-state index contributed by atoms with van der Waals surface area (Å²) in [5.41, 5.74) is 1.15. The Balaban J connectivity index is 1.47. The lowest BCUT2D eigenvalue weighted by molar-refractivity contribution is 0.361. The average molecular weight is 287 g/mol. The normalized spacial score (nSPS) is 37.5. The van der Waals surface area contributed by atoms with E-state index in [9.17, 15) is 4.39 Å². The maximum absolute atomic E-state index is 13.4. The summed E-state index contributed by atoms with van der Waals surface area (Å²) in [5, 5.41) is 3.77. The highest BCUT2D eigenvalue weighted by Crippen LogP contribution is 2.70. The van der Waals surface area contributed by atoms with Crippen LogP contribution < -0.4 is 5.32 Å². The first kappa shape index (κ1) is 13.8. The van der Waals surface area contributed by atoms with Crippen molar-refractivity contribution in [3.63, 3.8) is 0 Å². The van der Waals surface area contributed by atoms with Gasteiger partial charge in [0.2, 0.25) is 0 Å². The summed E-state index contributed by atoms with van der Waals surface area (Å²) < 4.78 is 13.4. The van der Waals surface area contributed by atoms with Gasteiger partial charge in [0.25, 0.3) is 0 Å². The summed E-state index contributed by atoms with van der Waals surface area (Å²) in [6.07, 6.45) is 6.63. The van der Waals surface area contributed by atoms with Crippen molar-refractivity contribution in [1.82, 2.24) is 5.32 Å². The molecule has 0 aliphatic heterocycles. The molecule has 2 bridgehead atoms. The third-order valence-corrected chi connectivity index (χ3v) is 6.26. The van der Waals surface area contributed by atoms with Crippen LogP contribution in [-0.4, -0.2) is 12.6 Å². The molecule has 3 fully saturated rings. The average Bonchev–Trinajstić information content (AvgIpc) is 2.90. The zero-order valence-electron chi connectivity index (χ0n) is 12.9. The second-order valence-electron chi connectivity index (χ2n) is 7.46. The van der Waals surface area contributed by atoms with Crippen molar-refractivity contribution >= 4 is 0 Å². The van der Waals surface area contributed by atoms with E-state index in [0.717, 1.165) is 48.1 Å². The molecule has 21 heavy (non-hydrogen) atoms. The lowest BCUT2D eigenvalue weighted by atomic mass is 9.93. The Morgan fingerprint density at radius 3 is 2.67 bits per heavy atom. The summed E-state index contributed by atoms with van der Waals surface area (Å²) >= 11 is 0. The standard InChI is InChI=1S/C19H26FN/c1-2-8-21-16(10-12-4-3-5-15(20)9-12)19-17-13-6-7-14(11-13)18(17)19/h3-5,9,13-14,16-19,21H,2,6-8,10-11H2,1H3. The molecule has 3 saturated carbocycles. The van der Waals surface area contributed by atoms with Gasteiger partial charge in [-0.3, -0.25) is 0 Å². The van der Waals surface area contributed by atoms with Crippen LogP contribution in [0, 0.1) is 35.4 Å². The van der Waals surface area contributed by atoms with E-state index in [4.69, 9.17) is 0 Å². The van der Waals surface area contributed by atoms with E-state index < -0.39 is 0 Å². The first-order chi connectivity index (χ1) is 10.3. The van der Waals surface area contributed by atoms with Gasteiger partial charge in [0.15, 0.2) is 0 Å². The molecular weight excluding hydrogens is 261 g/mol. The van der Waals surface area contributed by atoms with E-state index in [1.54, 1.807) is 12.1 Å². The monoisotopic (exact) mass is 287 g/mol. The lowest BCUT2D eigenvalue weighted by Crippen LogP contribution is -2.36. The van der Waals surface area contributed by atoms with Crippen LogP contribution >= 0.6 is 0 Å². The fourth-order valence-electron chi connectivity index (χ4n) is 5.52. The molecule has 0 saturated heterocycles. The molecule has 3 aliphatic rings. The van der Waals surface area contributed by atoms with Gasteiger partial charge in [-0.2, -0.15) is 0 Å². The highest BCUT2D eigenvalue weighted by atomic mass is 19.1. The van der Waals surface area contributed by atoms with E-state index in [1.807, 2.05) is 6.07 Å². The van der Waals surface area contributed by atoms with Crippen molar-refractivity contribution < 1.29 is 4.39 Å². The molecular formula is C19H26FN. The van der Waals surface area contributed by atoms with Crippen molar-refractivity contribution in [2.45, 2.75) is 45.1 Å². The Labute approximate surface area is 127 Å². The van der Waals surface area contributed by atoms with Crippen LogP contribution in [0.4, 0.5) is 4.39 Å². The third-order valence-electron chi connectivity index (χ3n) is 6.26. The van der Waals surface area contributed by atoms with Gasteiger partial charge in [-0.15, -0.1) is 0 Å². The van der Waals surface area contributed by atoms with Gasteiger partial charge in [0, 0.05) is 6.04 Å². The molecule has 4 rings (SSSR count). The Hall–Kier alpha value is -0.890. The summed E-state index contributed by atoms with van der Waals surface area (Å²) in [4.78, 5) is 0. The first-order valence-corrected chi connectivity index (χ1v) is 8.75. The fraction of sp³-hybridized carbons (Fsp3) is 0.684. The van der Waals surface area contributed by atoms with Crippen molar-refractivity contribution in [1.29, 1.82) is 0 Å². The molecule has 1 nitrogen and oxygen atoms in total. The zero-order valence-corrected chi connectivity index (χ0v) is 12.9. The minimum atomic E-state index is -0.0993. The number of benzene rings is 1. The van der Waals surface area contributed by atoms with Crippen LogP contribution in [0.15, 0.2) is 24.3 Å². The summed E-state index contributed by atoms with van der Waals surface area (Å²) in [6.45, 7) is 3.31. The minimum absolute atomic E-state index is 0.0993. The van der Waals surface area contributed by atoms with Gasteiger partial charge < -0.3 is 5.32 Å². The van der Waals surface area contributed by atoms with Crippen molar-refractivity contribution in [3.8, 4) is 0 Å². The Bertz CT molecular complexity index is 498. The largest absolute Gasteiger partial charge is 0.313 e. The molecule has 5 atom stereocenters. The number of fused-ring (bicyclic) bond motifs is 5. The van der Waals surface area contributed by atoms with Gasteiger partial charge in [-0.1, -0.05) is 19.1 Å². The van der Waals surface area contributed by atoms with E-state index in [0.29, 0.717) is 6.04 Å². The highest BCUT2D eigenvalue weighted by molar-refractivity contribution is 5.21. The van der Waals surface area contributed by atoms with Crippen LogP contribution in [0.1, 0.15) is 38.2 Å². The van der Waals surface area contributed by atoms with Gasteiger partial charge in [-0.25, -0.2) is 4.39 Å². The van der Waals surface area contributed by atoms with Crippen LogP contribution in [0.5, 0.6) is 0 Å². The number of nitrogens with one attached hydrogen (secondary N) is 1. The van der Waals surface area contributed by atoms with Crippen molar-refractivity contribution in [3.05, 3.63) is 35.6 Å². The molecule has 1 N–H and O–H groups in total. The van der Waals surface area contributed by atoms with Crippen molar-refractivity contribution in [2.24, 2.45) is 29.6 Å². The van der Waals surface area contributed by atoms with Crippen LogP contribution in [-0.2, 0) is 6.42 Å². The Kier molecular flexibility index (Phi) is 3.53. The molecule has 0 aromatic heterocycles. The topological polar surface area (TPSA) is 12.0 Å². The van der Waals surface area contributed by atoms with E-state index in [2.05, 4.69) is 18.3 Å². The Morgan fingerprint density at radius 2 is 2.00 bits per heavy atom. The summed E-state index contributed by atoms with van der Waals surface area (Å²) in [6, 6.07) is 7.75. The fourth-order valence-corrected chi connectivity index (χ4v) is 5.52. The van der Waals surface area contributed by atoms with Gasteiger partial charge in [-0.05, 0) is 85.9 Å². The maximum Gasteiger partial charge on any atom is 0.123 e. The predicted molar refractivity (Wildman–Crippen MR) is 83.5 cm³/mol. The highest BCUT2D eigenvalue weighted by Gasteiger charge is 2.66.